The van der Waals surface area contributed by atoms with Crippen LogP contribution >= 0.6 is 0 Å². The Kier molecular flexibility index (Phi) is 8.02. The van der Waals surface area contributed by atoms with Crippen LogP contribution in [0.25, 0.3) is 0 Å². The van der Waals surface area contributed by atoms with Crippen molar-refractivity contribution >= 4 is 0 Å². The van der Waals surface area contributed by atoms with E-state index in [0.717, 1.165) is 13.2 Å². The van der Waals surface area contributed by atoms with Crippen LogP contribution in [0.3, 0.4) is 0 Å². The van der Waals surface area contributed by atoms with E-state index in [1.807, 2.05) is 0 Å². The highest BCUT2D eigenvalue weighted by molar-refractivity contribution is 4.74. The quantitative estimate of drug-likeness (QED) is 0.667. The van der Waals surface area contributed by atoms with Crippen LogP contribution in [0.4, 0.5) is 0 Å². The topological polar surface area (TPSA) is 24.5 Å². The molecule has 0 amide bonds. The van der Waals surface area contributed by atoms with E-state index in [9.17, 15) is 0 Å². The highest BCUT2D eigenvalue weighted by Gasteiger charge is 2.15. The van der Waals surface area contributed by atoms with E-state index in [-0.39, 0.29) is 0 Å². The molecule has 0 aromatic rings. The molecule has 0 saturated heterocycles. The summed E-state index contributed by atoms with van der Waals surface area (Å²) in [5.74, 6) is 0.617. The SMILES string of the molecule is COCC(NC(C)CCN(C)C)C(C)C. The summed E-state index contributed by atoms with van der Waals surface area (Å²) in [4.78, 5) is 2.22. The van der Waals surface area contributed by atoms with Crippen molar-refractivity contribution in [2.24, 2.45) is 5.92 Å². The summed E-state index contributed by atoms with van der Waals surface area (Å²) in [6.45, 7) is 8.63. The molecule has 2 atom stereocenters. The summed E-state index contributed by atoms with van der Waals surface area (Å²) in [6.07, 6.45) is 1.18. The molecule has 0 radical (unpaired) electrons. The number of hydrogen-bond acceptors (Lipinski definition) is 3. The Morgan fingerprint density at radius 3 is 2.20 bits per heavy atom. The molecule has 0 heterocycles. The Labute approximate surface area is 95.2 Å². The first kappa shape index (κ1) is 14.9. The van der Waals surface area contributed by atoms with Gasteiger partial charge in [0.25, 0.3) is 0 Å². The maximum Gasteiger partial charge on any atom is 0.0618 e. The number of nitrogens with one attached hydrogen (secondary N) is 1. The van der Waals surface area contributed by atoms with E-state index < -0.39 is 0 Å². The zero-order chi connectivity index (χ0) is 11.8. The van der Waals surface area contributed by atoms with Crippen molar-refractivity contribution in [3.8, 4) is 0 Å². The largest absolute Gasteiger partial charge is 0.383 e. The first-order valence-corrected chi connectivity index (χ1v) is 5.87. The van der Waals surface area contributed by atoms with Gasteiger partial charge in [0, 0.05) is 19.2 Å². The van der Waals surface area contributed by atoms with E-state index in [4.69, 9.17) is 4.74 Å². The van der Waals surface area contributed by atoms with Gasteiger partial charge in [0.05, 0.1) is 6.61 Å². The van der Waals surface area contributed by atoms with Crippen molar-refractivity contribution in [1.29, 1.82) is 0 Å². The molecule has 92 valence electrons. The third kappa shape index (κ3) is 7.77. The zero-order valence-corrected chi connectivity index (χ0v) is 11.2. The summed E-state index contributed by atoms with van der Waals surface area (Å²) in [7, 11) is 5.99. The Balaban J connectivity index is 3.83. The summed E-state index contributed by atoms with van der Waals surface area (Å²) in [6, 6.07) is 1.02. The van der Waals surface area contributed by atoms with Crippen LogP contribution in [0.5, 0.6) is 0 Å². The first-order valence-electron chi connectivity index (χ1n) is 5.87. The Bertz CT molecular complexity index is 149. The number of rotatable bonds is 8. The van der Waals surface area contributed by atoms with Gasteiger partial charge in [0.2, 0.25) is 0 Å². The van der Waals surface area contributed by atoms with Crippen molar-refractivity contribution in [3.63, 3.8) is 0 Å². The average molecular weight is 216 g/mol. The van der Waals surface area contributed by atoms with Crippen LogP contribution in [0.2, 0.25) is 0 Å². The van der Waals surface area contributed by atoms with Gasteiger partial charge < -0.3 is 15.0 Å². The molecule has 0 aromatic heterocycles. The lowest BCUT2D eigenvalue weighted by molar-refractivity contribution is 0.139. The maximum absolute atomic E-state index is 5.22. The molecule has 1 N–H and O–H groups in total. The summed E-state index contributed by atoms with van der Waals surface area (Å²) in [5, 5.41) is 3.62. The monoisotopic (exact) mass is 216 g/mol. The molecule has 0 aliphatic heterocycles. The molecule has 0 fully saturated rings. The highest BCUT2D eigenvalue weighted by Crippen LogP contribution is 2.04. The number of nitrogens with zero attached hydrogens (tertiary/aromatic N) is 1. The van der Waals surface area contributed by atoms with Crippen LogP contribution in [0.1, 0.15) is 27.2 Å². The number of methoxy groups -OCH3 is 1. The molecular formula is C12H28N2O. The number of hydrogen-bond donors (Lipinski definition) is 1. The normalized spacial score (nSPS) is 16.0. The van der Waals surface area contributed by atoms with E-state index in [1.165, 1.54) is 6.42 Å². The fourth-order valence-corrected chi connectivity index (χ4v) is 1.51. The van der Waals surface area contributed by atoms with Crippen LogP contribution in [-0.2, 0) is 4.74 Å². The molecular weight excluding hydrogens is 188 g/mol. The predicted octanol–water partition coefficient (Wildman–Crippen LogP) is 1.59. The van der Waals surface area contributed by atoms with E-state index in [2.05, 4.69) is 45.1 Å². The van der Waals surface area contributed by atoms with Gasteiger partial charge >= 0.3 is 0 Å². The molecule has 0 aliphatic carbocycles. The van der Waals surface area contributed by atoms with Gasteiger partial charge in [0.1, 0.15) is 0 Å². The first-order chi connectivity index (χ1) is 6.97. The van der Waals surface area contributed by atoms with Gasteiger partial charge in [-0.05, 0) is 39.9 Å². The number of ether oxygens (including phenoxy) is 1. The molecule has 0 spiro atoms. The van der Waals surface area contributed by atoms with Gasteiger partial charge in [-0.1, -0.05) is 13.8 Å². The summed E-state index contributed by atoms with van der Waals surface area (Å²) >= 11 is 0. The second kappa shape index (κ2) is 8.08. The lowest BCUT2D eigenvalue weighted by Crippen LogP contribution is -2.43. The maximum atomic E-state index is 5.22. The molecule has 0 aromatic carbocycles. The van der Waals surface area contributed by atoms with Crippen LogP contribution < -0.4 is 5.32 Å². The standard InChI is InChI=1S/C12H28N2O/c1-10(2)12(9-15-6)13-11(3)7-8-14(4)5/h10-13H,7-9H2,1-6H3. The van der Waals surface area contributed by atoms with Crippen molar-refractivity contribution in [3.05, 3.63) is 0 Å². The summed E-state index contributed by atoms with van der Waals surface area (Å²) < 4.78 is 5.22. The van der Waals surface area contributed by atoms with Gasteiger partial charge in [0.15, 0.2) is 0 Å². The minimum absolute atomic E-state index is 0.465. The fraction of sp³-hybridized carbons (Fsp3) is 1.00. The third-order valence-corrected chi connectivity index (χ3v) is 2.66. The molecule has 3 heteroatoms. The van der Waals surface area contributed by atoms with Gasteiger partial charge in [-0.25, -0.2) is 0 Å². The minimum Gasteiger partial charge on any atom is -0.383 e. The second-order valence-corrected chi connectivity index (χ2v) is 4.97. The third-order valence-electron chi connectivity index (χ3n) is 2.66. The Morgan fingerprint density at radius 1 is 1.20 bits per heavy atom. The molecule has 0 saturated carbocycles. The molecule has 2 unspecified atom stereocenters. The minimum atomic E-state index is 0.465. The molecule has 3 nitrogen and oxygen atoms in total. The molecule has 0 rings (SSSR count). The molecule has 15 heavy (non-hydrogen) atoms. The predicted molar refractivity (Wildman–Crippen MR) is 66.3 cm³/mol. The van der Waals surface area contributed by atoms with Gasteiger partial charge in [-0.15, -0.1) is 0 Å². The van der Waals surface area contributed by atoms with Crippen molar-refractivity contribution < 1.29 is 4.74 Å². The average Bonchev–Trinajstić information content (AvgIpc) is 2.14. The smallest absolute Gasteiger partial charge is 0.0618 e. The van der Waals surface area contributed by atoms with E-state index in [0.29, 0.717) is 18.0 Å². The van der Waals surface area contributed by atoms with Crippen molar-refractivity contribution in [1.82, 2.24) is 10.2 Å². The van der Waals surface area contributed by atoms with Crippen molar-refractivity contribution in [2.75, 3.05) is 34.4 Å². The Morgan fingerprint density at radius 2 is 1.80 bits per heavy atom. The second-order valence-electron chi connectivity index (χ2n) is 4.97. The highest BCUT2D eigenvalue weighted by atomic mass is 16.5. The lowest BCUT2D eigenvalue weighted by atomic mass is 10.0. The zero-order valence-electron chi connectivity index (χ0n) is 11.2. The fourth-order valence-electron chi connectivity index (χ4n) is 1.51. The van der Waals surface area contributed by atoms with Gasteiger partial charge in [-0.2, -0.15) is 0 Å². The molecule has 0 aliphatic rings. The molecule has 0 bridgehead atoms. The lowest BCUT2D eigenvalue weighted by Gasteiger charge is -2.26. The van der Waals surface area contributed by atoms with Crippen LogP contribution in [-0.4, -0.2) is 51.3 Å². The Hall–Kier alpha value is -0.120. The van der Waals surface area contributed by atoms with Crippen LogP contribution in [0.15, 0.2) is 0 Å². The van der Waals surface area contributed by atoms with E-state index >= 15 is 0 Å². The van der Waals surface area contributed by atoms with Gasteiger partial charge in [-0.3, -0.25) is 0 Å². The van der Waals surface area contributed by atoms with Crippen LogP contribution in [0, 0.1) is 5.92 Å². The van der Waals surface area contributed by atoms with Crippen molar-refractivity contribution in [2.45, 2.75) is 39.3 Å². The van der Waals surface area contributed by atoms with E-state index in [1.54, 1.807) is 7.11 Å². The summed E-state index contributed by atoms with van der Waals surface area (Å²) in [5.41, 5.74) is 0.